The average molecular weight is 329 g/mol. The first-order valence-corrected chi connectivity index (χ1v) is 7.71. The minimum Gasteiger partial charge on any atom is -0.349 e. The molecular formula is C16H22Cl2N2O. The maximum Gasteiger partial charge on any atom is 0.231 e. The third-order valence-electron chi connectivity index (χ3n) is 4.59. The molecule has 1 aromatic rings. The largest absolute Gasteiger partial charge is 0.349 e. The van der Waals surface area contributed by atoms with Gasteiger partial charge in [-0.2, -0.15) is 0 Å². The number of rotatable bonds is 3. The number of carbonyl (C=O) groups is 1. The molecule has 1 heterocycles. The van der Waals surface area contributed by atoms with Gasteiger partial charge in [0.2, 0.25) is 5.91 Å². The van der Waals surface area contributed by atoms with Gasteiger partial charge in [0.1, 0.15) is 0 Å². The van der Waals surface area contributed by atoms with E-state index >= 15 is 0 Å². The maximum absolute atomic E-state index is 12.7. The van der Waals surface area contributed by atoms with Gasteiger partial charge in [0.05, 0.1) is 5.41 Å². The second-order valence-electron chi connectivity index (χ2n) is 6.38. The number of amides is 1. The Morgan fingerprint density at radius 2 is 1.90 bits per heavy atom. The Morgan fingerprint density at radius 3 is 2.43 bits per heavy atom. The summed E-state index contributed by atoms with van der Waals surface area (Å²) in [6.45, 7) is 4.04. The Kier molecular flexibility index (Phi) is 4.86. The lowest BCUT2D eigenvalue weighted by Crippen LogP contribution is -2.57. The van der Waals surface area contributed by atoms with Crippen LogP contribution in [0.3, 0.4) is 0 Å². The molecule has 2 fully saturated rings. The van der Waals surface area contributed by atoms with E-state index in [1.54, 1.807) is 0 Å². The fourth-order valence-corrected chi connectivity index (χ4v) is 3.22. The van der Waals surface area contributed by atoms with E-state index in [2.05, 4.69) is 17.6 Å². The molecule has 2 aliphatic rings. The second kappa shape index (κ2) is 6.15. The zero-order valence-electron chi connectivity index (χ0n) is 12.2. The summed E-state index contributed by atoms with van der Waals surface area (Å²) in [7, 11) is 0. The number of nitrogens with one attached hydrogen (secondary N) is 2. The van der Waals surface area contributed by atoms with Crippen LogP contribution < -0.4 is 10.6 Å². The first kappa shape index (κ1) is 16.6. The second-order valence-corrected chi connectivity index (χ2v) is 6.82. The molecule has 1 atom stereocenters. The van der Waals surface area contributed by atoms with E-state index in [0.29, 0.717) is 5.02 Å². The minimum atomic E-state index is -0.314. The van der Waals surface area contributed by atoms with Gasteiger partial charge in [-0.05, 0) is 56.8 Å². The van der Waals surface area contributed by atoms with Gasteiger partial charge < -0.3 is 10.6 Å². The number of hydrogen-bond donors (Lipinski definition) is 2. The zero-order valence-corrected chi connectivity index (χ0v) is 13.8. The summed E-state index contributed by atoms with van der Waals surface area (Å²) in [6, 6.07) is 7.70. The third kappa shape index (κ3) is 3.36. The van der Waals surface area contributed by atoms with Crippen molar-refractivity contribution in [3.05, 3.63) is 34.9 Å². The lowest BCUT2D eigenvalue weighted by Gasteiger charge is -2.36. The number of halogens is 2. The standard InChI is InChI=1S/C16H21ClN2O.ClH/c1-15(7-2-10-18-11-15)19-14(20)16(8-9-16)12-3-5-13(17)6-4-12;/h3-6,18H,2,7-11H2,1H3,(H,19,20);1H. The van der Waals surface area contributed by atoms with Crippen molar-refractivity contribution in [3.63, 3.8) is 0 Å². The molecule has 0 radical (unpaired) electrons. The van der Waals surface area contributed by atoms with Crippen molar-refractivity contribution < 1.29 is 4.79 Å². The van der Waals surface area contributed by atoms with E-state index < -0.39 is 0 Å². The molecule has 1 unspecified atom stereocenters. The van der Waals surface area contributed by atoms with Crippen molar-refractivity contribution in [1.29, 1.82) is 0 Å². The van der Waals surface area contributed by atoms with Gasteiger partial charge in [-0.15, -0.1) is 12.4 Å². The highest BCUT2D eigenvalue weighted by Crippen LogP contribution is 2.49. The van der Waals surface area contributed by atoms with Gasteiger partial charge in [0, 0.05) is 17.1 Å². The smallest absolute Gasteiger partial charge is 0.231 e. The molecule has 21 heavy (non-hydrogen) atoms. The predicted octanol–water partition coefficient (Wildman–Crippen LogP) is 3.05. The number of benzene rings is 1. The van der Waals surface area contributed by atoms with Crippen molar-refractivity contribution in [1.82, 2.24) is 10.6 Å². The molecule has 1 amide bonds. The van der Waals surface area contributed by atoms with E-state index in [9.17, 15) is 4.79 Å². The summed E-state index contributed by atoms with van der Waals surface area (Å²) in [5, 5.41) is 7.36. The molecule has 3 nitrogen and oxygen atoms in total. The van der Waals surface area contributed by atoms with Crippen molar-refractivity contribution in [2.45, 2.75) is 43.6 Å². The highest BCUT2D eigenvalue weighted by atomic mass is 35.5. The monoisotopic (exact) mass is 328 g/mol. The van der Waals surface area contributed by atoms with Crippen LogP contribution in [-0.4, -0.2) is 24.5 Å². The summed E-state index contributed by atoms with van der Waals surface area (Å²) in [4.78, 5) is 12.7. The van der Waals surface area contributed by atoms with E-state index in [4.69, 9.17) is 11.6 Å². The zero-order chi connectivity index (χ0) is 14.2. The van der Waals surface area contributed by atoms with Crippen LogP contribution in [0, 0.1) is 0 Å². The molecule has 0 spiro atoms. The molecule has 1 aliphatic carbocycles. The Labute approximate surface area is 137 Å². The van der Waals surface area contributed by atoms with Gasteiger partial charge in [0.15, 0.2) is 0 Å². The van der Waals surface area contributed by atoms with Crippen LogP contribution in [0.15, 0.2) is 24.3 Å². The van der Waals surface area contributed by atoms with Crippen molar-refractivity contribution in [2.24, 2.45) is 0 Å². The van der Waals surface area contributed by atoms with E-state index in [1.807, 2.05) is 24.3 Å². The van der Waals surface area contributed by atoms with Crippen molar-refractivity contribution >= 4 is 29.9 Å². The molecule has 5 heteroatoms. The van der Waals surface area contributed by atoms with Crippen LogP contribution in [0.4, 0.5) is 0 Å². The topological polar surface area (TPSA) is 41.1 Å². The molecule has 116 valence electrons. The molecule has 0 bridgehead atoms. The van der Waals surface area contributed by atoms with Crippen LogP contribution in [0.1, 0.15) is 38.2 Å². The van der Waals surface area contributed by atoms with Crippen LogP contribution >= 0.6 is 24.0 Å². The SMILES string of the molecule is CC1(NC(=O)C2(c3ccc(Cl)cc3)CC2)CCCNC1.Cl. The number of carbonyl (C=O) groups excluding carboxylic acids is 1. The number of piperidine rings is 1. The van der Waals surface area contributed by atoms with Crippen molar-refractivity contribution in [3.8, 4) is 0 Å². The fraction of sp³-hybridized carbons (Fsp3) is 0.562. The molecule has 1 aromatic carbocycles. The van der Waals surface area contributed by atoms with E-state index in [-0.39, 0.29) is 29.3 Å². The maximum atomic E-state index is 12.7. The van der Waals surface area contributed by atoms with Crippen LogP contribution in [-0.2, 0) is 10.2 Å². The normalized spacial score (nSPS) is 26.6. The van der Waals surface area contributed by atoms with Gasteiger partial charge in [0.25, 0.3) is 0 Å². The number of hydrogen-bond acceptors (Lipinski definition) is 2. The quantitative estimate of drug-likeness (QED) is 0.895. The van der Waals surface area contributed by atoms with Gasteiger partial charge in [-0.1, -0.05) is 23.7 Å². The summed E-state index contributed by atoms with van der Waals surface area (Å²) >= 11 is 5.93. The Hall–Kier alpha value is -0.770. The molecular weight excluding hydrogens is 307 g/mol. The molecule has 0 aromatic heterocycles. The Balaban J connectivity index is 0.00000161. The molecule has 2 N–H and O–H groups in total. The lowest BCUT2D eigenvalue weighted by molar-refractivity contribution is -0.125. The fourth-order valence-electron chi connectivity index (χ4n) is 3.10. The lowest BCUT2D eigenvalue weighted by atomic mass is 9.89. The Morgan fingerprint density at radius 1 is 1.24 bits per heavy atom. The summed E-state index contributed by atoms with van der Waals surface area (Å²) in [6.07, 6.45) is 4.03. The highest BCUT2D eigenvalue weighted by molar-refractivity contribution is 6.30. The van der Waals surface area contributed by atoms with Crippen molar-refractivity contribution in [2.75, 3.05) is 13.1 Å². The average Bonchev–Trinajstić information content (AvgIpc) is 3.21. The van der Waals surface area contributed by atoms with E-state index in [1.165, 1.54) is 0 Å². The molecule has 1 saturated heterocycles. The van der Waals surface area contributed by atoms with Gasteiger partial charge >= 0.3 is 0 Å². The van der Waals surface area contributed by atoms with Crippen LogP contribution in [0.5, 0.6) is 0 Å². The Bertz CT molecular complexity index is 506. The minimum absolute atomic E-state index is 0. The first-order valence-electron chi connectivity index (χ1n) is 7.34. The highest BCUT2D eigenvalue weighted by Gasteiger charge is 2.52. The molecule has 1 saturated carbocycles. The van der Waals surface area contributed by atoms with E-state index in [0.717, 1.165) is 44.3 Å². The third-order valence-corrected chi connectivity index (χ3v) is 4.85. The predicted molar refractivity (Wildman–Crippen MR) is 88.3 cm³/mol. The van der Waals surface area contributed by atoms with Crippen LogP contribution in [0.25, 0.3) is 0 Å². The van der Waals surface area contributed by atoms with Crippen LogP contribution in [0.2, 0.25) is 5.02 Å². The first-order chi connectivity index (χ1) is 9.54. The van der Waals surface area contributed by atoms with Gasteiger partial charge in [-0.25, -0.2) is 0 Å². The summed E-state index contributed by atoms with van der Waals surface area (Å²) in [5.41, 5.74) is 0.661. The summed E-state index contributed by atoms with van der Waals surface area (Å²) in [5.74, 6) is 0.172. The molecule has 1 aliphatic heterocycles. The van der Waals surface area contributed by atoms with Gasteiger partial charge in [-0.3, -0.25) is 4.79 Å². The summed E-state index contributed by atoms with van der Waals surface area (Å²) < 4.78 is 0. The molecule has 3 rings (SSSR count).